The summed E-state index contributed by atoms with van der Waals surface area (Å²) in [4.78, 5) is 18.7. The number of carbonyl (C=O) groups excluding carboxylic acids is 1. The summed E-state index contributed by atoms with van der Waals surface area (Å²) in [6.45, 7) is 6.04. The molecule has 0 saturated carbocycles. The average Bonchev–Trinajstić information content (AvgIpc) is 2.46. The predicted molar refractivity (Wildman–Crippen MR) is 79.2 cm³/mol. The highest BCUT2D eigenvalue weighted by Gasteiger charge is 2.24. The van der Waals surface area contributed by atoms with E-state index in [2.05, 4.69) is 18.8 Å². The van der Waals surface area contributed by atoms with E-state index in [1.165, 1.54) is 0 Å². The van der Waals surface area contributed by atoms with Crippen molar-refractivity contribution in [2.75, 3.05) is 19.7 Å². The fourth-order valence-corrected chi connectivity index (χ4v) is 2.62. The Morgan fingerprint density at radius 3 is 3.00 bits per heavy atom. The molecular formula is C15H21ClN2O2. The first-order valence-electron chi connectivity index (χ1n) is 7.21. The van der Waals surface area contributed by atoms with Crippen LogP contribution in [0.5, 0.6) is 0 Å². The summed E-state index contributed by atoms with van der Waals surface area (Å²) in [5.74, 6) is 0.0217. The molecule has 110 valence electrons. The lowest BCUT2D eigenvalue weighted by Gasteiger charge is -2.32. The molecule has 1 saturated heterocycles. The fourth-order valence-electron chi connectivity index (χ4n) is 2.39. The minimum Gasteiger partial charge on any atom is -0.375 e. The van der Waals surface area contributed by atoms with Crippen LogP contribution in [0, 0.1) is 0 Å². The number of morpholine rings is 1. The molecular weight excluding hydrogens is 276 g/mol. The molecule has 0 bridgehead atoms. The lowest BCUT2D eigenvalue weighted by atomic mass is 10.1. The van der Waals surface area contributed by atoms with Gasteiger partial charge in [-0.15, -0.1) is 0 Å². The van der Waals surface area contributed by atoms with Crippen molar-refractivity contribution in [2.24, 2.45) is 0 Å². The number of hydrogen-bond donors (Lipinski definition) is 0. The van der Waals surface area contributed by atoms with Crippen LogP contribution in [0.4, 0.5) is 0 Å². The number of pyridine rings is 1. The van der Waals surface area contributed by atoms with Gasteiger partial charge in [-0.05, 0) is 25.0 Å². The third kappa shape index (κ3) is 3.70. The van der Waals surface area contributed by atoms with Gasteiger partial charge in [0.25, 0.3) is 5.91 Å². The standard InChI is InChI=1S/C15H21ClN2O2/c1-3-5-12-8-11(9-14(16)17-12)15(19)18-6-7-20-13(4-2)10-18/h8-9,13H,3-7,10H2,1-2H3. The summed E-state index contributed by atoms with van der Waals surface area (Å²) in [5, 5.41) is 0.389. The second-order valence-corrected chi connectivity index (χ2v) is 5.46. The van der Waals surface area contributed by atoms with Crippen molar-refractivity contribution in [3.8, 4) is 0 Å². The second-order valence-electron chi connectivity index (χ2n) is 5.07. The van der Waals surface area contributed by atoms with Crippen LogP contribution in [0.1, 0.15) is 42.7 Å². The molecule has 0 radical (unpaired) electrons. The van der Waals surface area contributed by atoms with Crippen molar-refractivity contribution in [3.05, 3.63) is 28.5 Å². The van der Waals surface area contributed by atoms with Gasteiger partial charge in [-0.3, -0.25) is 4.79 Å². The monoisotopic (exact) mass is 296 g/mol. The van der Waals surface area contributed by atoms with Gasteiger partial charge in [-0.1, -0.05) is 31.9 Å². The molecule has 1 amide bonds. The third-order valence-electron chi connectivity index (χ3n) is 3.48. The summed E-state index contributed by atoms with van der Waals surface area (Å²) in [7, 11) is 0. The van der Waals surface area contributed by atoms with Crippen molar-refractivity contribution in [1.82, 2.24) is 9.88 Å². The normalized spacial score (nSPS) is 19.1. The first-order chi connectivity index (χ1) is 9.63. The van der Waals surface area contributed by atoms with E-state index in [-0.39, 0.29) is 12.0 Å². The number of aromatic nitrogens is 1. The number of aryl methyl sites for hydroxylation is 1. The lowest BCUT2D eigenvalue weighted by molar-refractivity contribution is -0.0226. The lowest BCUT2D eigenvalue weighted by Crippen LogP contribution is -2.45. The Hall–Kier alpha value is -1.13. The molecule has 1 aromatic heterocycles. The summed E-state index contributed by atoms with van der Waals surface area (Å²) in [6.07, 6.45) is 2.88. The van der Waals surface area contributed by atoms with E-state index >= 15 is 0 Å². The summed E-state index contributed by atoms with van der Waals surface area (Å²) < 4.78 is 5.60. The Kier molecular flexibility index (Phi) is 5.38. The van der Waals surface area contributed by atoms with Gasteiger partial charge < -0.3 is 9.64 Å². The molecule has 5 heteroatoms. The van der Waals surface area contributed by atoms with E-state index in [0.29, 0.717) is 30.4 Å². The molecule has 1 fully saturated rings. The van der Waals surface area contributed by atoms with Gasteiger partial charge in [0.05, 0.1) is 12.7 Å². The van der Waals surface area contributed by atoms with Crippen LogP contribution in [0.15, 0.2) is 12.1 Å². The largest absolute Gasteiger partial charge is 0.375 e. The first kappa shape index (κ1) is 15.3. The number of amides is 1. The number of nitrogens with zero attached hydrogens (tertiary/aromatic N) is 2. The van der Waals surface area contributed by atoms with Crippen molar-refractivity contribution in [2.45, 2.75) is 39.2 Å². The minimum atomic E-state index is 0.0217. The molecule has 0 spiro atoms. The van der Waals surface area contributed by atoms with Gasteiger partial charge in [0, 0.05) is 24.3 Å². The van der Waals surface area contributed by atoms with Crippen molar-refractivity contribution < 1.29 is 9.53 Å². The maximum atomic E-state index is 12.6. The number of ether oxygens (including phenoxy) is 1. The van der Waals surface area contributed by atoms with Gasteiger partial charge in [-0.25, -0.2) is 4.98 Å². The SMILES string of the molecule is CCCc1cc(C(=O)N2CCOC(CC)C2)cc(Cl)n1. The molecule has 1 aliphatic rings. The summed E-state index contributed by atoms with van der Waals surface area (Å²) >= 11 is 6.02. The zero-order valence-electron chi connectivity index (χ0n) is 12.1. The van der Waals surface area contributed by atoms with E-state index in [9.17, 15) is 4.79 Å². The van der Waals surface area contributed by atoms with Crippen LogP contribution in [0.3, 0.4) is 0 Å². The molecule has 1 aliphatic heterocycles. The molecule has 0 N–H and O–H groups in total. The molecule has 20 heavy (non-hydrogen) atoms. The Morgan fingerprint density at radius 1 is 1.50 bits per heavy atom. The summed E-state index contributed by atoms with van der Waals surface area (Å²) in [5.41, 5.74) is 1.51. The van der Waals surface area contributed by atoms with E-state index in [1.807, 2.05) is 11.0 Å². The molecule has 2 heterocycles. The average molecular weight is 297 g/mol. The minimum absolute atomic E-state index is 0.0217. The maximum Gasteiger partial charge on any atom is 0.254 e. The van der Waals surface area contributed by atoms with E-state index in [4.69, 9.17) is 16.3 Å². The Labute approximate surface area is 125 Å². The van der Waals surface area contributed by atoms with Gasteiger partial charge >= 0.3 is 0 Å². The second kappa shape index (κ2) is 7.04. The predicted octanol–water partition coefficient (Wildman–Crippen LogP) is 2.94. The van der Waals surface area contributed by atoms with Crippen LogP contribution >= 0.6 is 11.6 Å². The molecule has 0 aromatic carbocycles. The summed E-state index contributed by atoms with van der Waals surface area (Å²) in [6, 6.07) is 3.51. The van der Waals surface area contributed by atoms with E-state index in [1.54, 1.807) is 6.07 Å². The van der Waals surface area contributed by atoms with Gasteiger partial charge in [0.15, 0.2) is 0 Å². The van der Waals surface area contributed by atoms with Crippen molar-refractivity contribution in [1.29, 1.82) is 0 Å². The van der Waals surface area contributed by atoms with Crippen LogP contribution in [-0.4, -0.2) is 41.6 Å². The van der Waals surface area contributed by atoms with Gasteiger partial charge in [0.2, 0.25) is 0 Å². The molecule has 1 aromatic rings. The van der Waals surface area contributed by atoms with Crippen LogP contribution < -0.4 is 0 Å². The number of hydrogen-bond acceptors (Lipinski definition) is 3. The zero-order valence-corrected chi connectivity index (χ0v) is 12.8. The van der Waals surface area contributed by atoms with Crippen molar-refractivity contribution >= 4 is 17.5 Å². The topological polar surface area (TPSA) is 42.4 Å². The molecule has 1 unspecified atom stereocenters. The molecule has 4 nitrogen and oxygen atoms in total. The van der Waals surface area contributed by atoms with Crippen molar-refractivity contribution in [3.63, 3.8) is 0 Å². The quantitative estimate of drug-likeness (QED) is 0.802. The highest BCUT2D eigenvalue weighted by Crippen LogP contribution is 2.17. The van der Waals surface area contributed by atoms with E-state index in [0.717, 1.165) is 25.0 Å². The zero-order chi connectivity index (χ0) is 14.5. The smallest absolute Gasteiger partial charge is 0.254 e. The third-order valence-corrected chi connectivity index (χ3v) is 3.68. The first-order valence-corrected chi connectivity index (χ1v) is 7.59. The Morgan fingerprint density at radius 2 is 2.30 bits per heavy atom. The van der Waals surface area contributed by atoms with Crippen LogP contribution in [0.2, 0.25) is 5.15 Å². The van der Waals surface area contributed by atoms with Gasteiger partial charge in [-0.2, -0.15) is 0 Å². The maximum absolute atomic E-state index is 12.6. The van der Waals surface area contributed by atoms with E-state index < -0.39 is 0 Å². The van der Waals surface area contributed by atoms with Gasteiger partial charge in [0.1, 0.15) is 5.15 Å². The highest BCUT2D eigenvalue weighted by molar-refractivity contribution is 6.29. The van der Waals surface area contributed by atoms with Crippen LogP contribution in [0.25, 0.3) is 0 Å². The molecule has 0 aliphatic carbocycles. The fraction of sp³-hybridized carbons (Fsp3) is 0.600. The number of rotatable bonds is 4. The molecule has 2 rings (SSSR count). The Bertz CT molecular complexity index is 479. The van der Waals surface area contributed by atoms with Crippen LogP contribution in [-0.2, 0) is 11.2 Å². The Balaban J connectivity index is 2.15. The molecule has 1 atom stereocenters. The number of carbonyl (C=O) groups is 1. The number of halogens is 1. The highest BCUT2D eigenvalue weighted by atomic mass is 35.5.